The zero-order valence-electron chi connectivity index (χ0n) is 20.4. The first-order valence-corrected chi connectivity index (χ1v) is 12.0. The number of thiocarbonyl (C=S) groups is 1. The van der Waals surface area contributed by atoms with Gasteiger partial charge < -0.3 is 29.4 Å². The number of pyridine rings is 1. The maximum atomic E-state index is 13.0. The second-order valence-corrected chi connectivity index (χ2v) is 9.21. The fraction of sp³-hybridized carbons (Fsp3) is 0.214. The first-order valence-electron chi connectivity index (χ1n) is 11.6. The van der Waals surface area contributed by atoms with Crippen LogP contribution < -0.4 is 25.1 Å². The van der Waals surface area contributed by atoms with Gasteiger partial charge in [0.25, 0.3) is 5.56 Å². The van der Waals surface area contributed by atoms with Gasteiger partial charge in [0.05, 0.1) is 19.3 Å². The molecule has 4 aromatic rings. The summed E-state index contributed by atoms with van der Waals surface area (Å²) in [4.78, 5) is 18.0. The summed E-state index contributed by atoms with van der Waals surface area (Å²) < 4.78 is 16.5. The van der Waals surface area contributed by atoms with Gasteiger partial charge in [-0.15, -0.1) is 0 Å². The number of benzene rings is 3. The van der Waals surface area contributed by atoms with Gasteiger partial charge in [-0.3, -0.25) is 4.79 Å². The third kappa shape index (κ3) is 4.85. The summed E-state index contributed by atoms with van der Waals surface area (Å²) in [5, 5.41) is 4.75. The summed E-state index contributed by atoms with van der Waals surface area (Å²) in [7, 11) is 1.62. The summed E-state index contributed by atoms with van der Waals surface area (Å²) in [5.41, 5.74) is 5.34. The number of aryl methyl sites for hydroxylation is 2. The van der Waals surface area contributed by atoms with Crippen molar-refractivity contribution in [2.24, 2.45) is 0 Å². The number of rotatable bonds is 6. The van der Waals surface area contributed by atoms with Gasteiger partial charge in [-0.05, 0) is 90.6 Å². The van der Waals surface area contributed by atoms with Crippen molar-refractivity contribution in [1.29, 1.82) is 0 Å². The molecule has 0 atom stereocenters. The molecule has 0 unspecified atom stereocenters. The number of aromatic nitrogens is 1. The van der Waals surface area contributed by atoms with E-state index in [0.717, 1.165) is 33.5 Å². The third-order valence-corrected chi connectivity index (χ3v) is 6.70. The predicted octanol–water partition coefficient (Wildman–Crippen LogP) is 5.28. The van der Waals surface area contributed by atoms with Crippen LogP contribution in [-0.2, 0) is 13.1 Å². The largest absolute Gasteiger partial charge is 0.495 e. The number of hydrogen-bond donors (Lipinski definition) is 2. The fourth-order valence-electron chi connectivity index (χ4n) is 4.25. The molecule has 3 aromatic carbocycles. The molecule has 0 saturated carbocycles. The Hall–Kier alpha value is -4.04. The zero-order valence-corrected chi connectivity index (χ0v) is 21.2. The molecule has 0 fully saturated rings. The van der Waals surface area contributed by atoms with E-state index >= 15 is 0 Å². The fourth-order valence-corrected chi connectivity index (χ4v) is 4.49. The molecule has 1 aliphatic rings. The summed E-state index contributed by atoms with van der Waals surface area (Å²) in [6.07, 6.45) is 0. The molecule has 0 radical (unpaired) electrons. The van der Waals surface area contributed by atoms with Gasteiger partial charge in [-0.25, -0.2) is 0 Å². The highest BCUT2D eigenvalue weighted by Gasteiger charge is 2.19. The Morgan fingerprint density at radius 1 is 1.03 bits per heavy atom. The lowest BCUT2D eigenvalue weighted by Gasteiger charge is -2.26. The Bertz CT molecular complexity index is 1510. The minimum absolute atomic E-state index is 0.137. The summed E-state index contributed by atoms with van der Waals surface area (Å²) in [5.74, 6) is 2.10. The van der Waals surface area contributed by atoms with Crippen LogP contribution in [0.15, 0.2) is 65.5 Å². The first-order chi connectivity index (χ1) is 17.4. The average molecular weight is 502 g/mol. The second kappa shape index (κ2) is 9.91. The van der Waals surface area contributed by atoms with E-state index in [1.807, 2.05) is 66.4 Å². The Balaban J connectivity index is 1.48. The van der Waals surface area contributed by atoms with Crippen LogP contribution in [0.2, 0.25) is 0 Å². The van der Waals surface area contributed by atoms with E-state index in [9.17, 15) is 4.79 Å². The molecule has 2 heterocycles. The standard InChI is InChI=1S/C28H27N3O4S/c1-17-10-20-13-21(27(32)29-23(20)11-18(17)2)15-31(14-19-8-9-25-26(12-19)35-16-34-25)28(36)30-22-6-4-5-7-24(22)33-3/h4-13H,14-16H2,1-3H3,(H,29,32)(H,30,36). The molecule has 36 heavy (non-hydrogen) atoms. The van der Waals surface area contributed by atoms with Crippen LogP contribution in [-0.4, -0.2) is 28.9 Å². The average Bonchev–Trinajstić information content (AvgIpc) is 3.33. The van der Waals surface area contributed by atoms with E-state index in [1.54, 1.807) is 7.11 Å². The molecule has 1 aliphatic heterocycles. The number of hydrogen-bond acceptors (Lipinski definition) is 5. The Kier molecular flexibility index (Phi) is 6.52. The van der Waals surface area contributed by atoms with E-state index in [-0.39, 0.29) is 12.4 Å². The van der Waals surface area contributed by atoms with E-state index in [2.05, 4.69) is 23.3 Å². The van der Waals surface area contributed by atoms with Gasteiger partial charge >= 0.3 is 0 Å². The Labute approximate surface area is 214 Å². The molecule has 8 heteroatoms. The molecule has 5 rings (SSSR count). The van der Waals surface area contributed by atoms with Gasteiger partial charge in [-0.1, -0.05) is 18.2 Å². The molecule has 0 spiro atoms. The van der Waals surface area contributed by atoms with Crippen LogP contribution in [0, 0.1) is 13.8 Å². The number of para-hydroxylation sites is 2. The topological polar surface area (TPSA) is 75.8 Å². The number of anilines is 1. The normalized spacial score (nSPS) is 12.0. The van der Waals surface area contributed by atoms with Crippen molar-refractivity contribution in [1.82, 2.24) is 9.88 Å². The molecule has 0 bridgehead atoms. The van der Waals surface area contributed by atoms with Crippen LogP contribution in [0.5, 0.6) is 17.2 Å². The molecule has 2 N–H and O–H groups in total. The first kappa shape index (κ1) is 23.7. The Morgan fingerprint density at radius 2 is 1.81 bits per heavy atom. The smallest absolute Gasteiger partial charge is 0.253 e. The van der Waals surface area contributed by atoms with Crippen LogP contribution in [0.4, 0.5) is 5.69 Å². The molecular formula is C28H27N3O4S. The van der Waals surface area contributed by atoms with Crippen molar-refractivity contribution in [2.75, 3.05) is 19.2 Å². The van der Waals surface area contributed by atoms with Gasteiger partial charge in [0.1, 0.15) is 5.75 Å². The van der Waals surface area contributed by atoms with E-state index < -0.39 is 0 Å². The molecule has 0 aliphatic carbocycles. The number of methoxy groups -OCH3 is 1. The van der Waals surface area contributed by atoms with Gasteiger partial charge in [-0.2, -0.15) is 0 Å². The van der Waals surface area contributed by atoms with Crippen LogP contribution in [0.1, 0.15) is 22.3 Å². The predicted molar refractivity (Wildman–Crippen MR) is 145 cm³/mol. The highest BCUT2D eigenvalue weighted by atomic mass is 32.1. The molecule has 7 nitrogen and oxygen atoms in total. The minimum Gasteiger partial charge on any atom is -0.495 e. The van der Waals surface area contributed by atoms with Crippen molar-refractivity contribution in [3.8, 4) is 17.2 Å². The van der Waals surface area contributed by atoms with Crippen LogP contribution in [0.3, 0.4) is 0 Å². The number of aromatic amines is 1. The number of fused-ring (bicyclic) bond motifs is 2. The lowest BCUT2D eigenvalue weighted by atomic mass is 10.0. The van der Waals surface area contributed by atoms with Crippen LogP contribution in [0.25, 0.3) is 10.9 Å². The Morgan fingerprint density at radius 3 is 2.64 bits per heavy atom. The quantitative estimate of drug-likeness (QED) is 0.348. The number of ether oxygens (including phenoxy) is 3. The number of nitrogens with one attached hydrogen (secondary N) is 2. The molecule has 0 saturated heterocycles. The van der Waals surface area contributed by atoms with Crippen molar-refractivity contribution in [3.05, 3.63) is 93.3 Å². The highest BCUT2D eigenvalue weighted by Crippen LogP contribution is 2.33. The molecule has 1 aromatic heterocycles. The number of H-pyrrole nitrogens is 1. The highest BCUT2D eigenvalue weighted by molar-refractivity contribution is 7.80. The van der Waals surface area contributed by atoms with Crippen molar-refractivity contribution >= 4 is 33.9 Å². The maximum absolute atomic E-state index is 13.0. The third-order valence-electron chi connectivity index (χ3n) is 6.34. The minimum atomic E-state index is -0.137. The number of nitrogens with zero attached hydrogens (tertiary/aromatic N) is 1. The summed E-state index contributed by atoms with van der Waals surface area (Å²) in [6, 6.07) is 19.4. The summed E-state index contributed by atoms with van der Waals surface area (Å²) >= 11 is 5.83. The van der Waals surface area contributed by atoms with E-state index in [0.29, 0.717) is 35.3 Å². The second-order valence-electron chi connectivity index (χ2n) is 8.82. The monoisotopic (exact) mass is 501 g/mol. The van der Waals surface area contributed by atoms with Crippen molar-refractivity contribution in [2.45, 2.75) is 26.9 Å². The maximum Gasteiger partial charge on any atom is 0.253 e. The van der Waals surface area contributed by atoms with Gasteiger partial charge in [0.2, 0.25) is 6.79 Å². The molecule has 0 amide bonds. The van der Waals surface area contributed by atoms with Crippen LogP contribution >= 0.6 is 12.2 Å². The SMILES string of the molecule is COc1ccccc1NC(=S)N(Cc1ccc2c(c1)OCO2)Cc1cc2cc(C)c(C)cc2[nH]c1=O. The van der Waals surface area contributed by atoms with Gasteiger partial charge in [0.15, 0.2) is 16.6 Å². The molecule has 184 valence electrons. The summed E-state index contributed by atoms with van der Waals surface area (Å²) in [6.45, 7) is 5.09. The lowest BCUT2D eigenvalue weighted by molar-refractivity contribution is 0.174. The van der Waals surface area contributed by atoms with E-state index in [4.69, 9.17) is 26.4 Å². The van der Waals surface area contributed by atoms with E-state index in [1.165, 1.54) is 5.56 Å². The van der Waals surface area contributed by atoms with Gasteiger partial charge in [0, 0.05) is 17.6 Å². The lowest BCUT2D eigenvalue weighted by Crippen LogP contribution is -2.35. The molecular weight excluding hydrogens is 474 g/mol. The van der Waals surface area contributed by atoms with Crippen molar-refractivity contribution in [3.63, 3.8) is 0 Å². The zero-order chi connectivity index (χ0) is 25.2. The van der Waals surface area contributed by atoms with Crippen molar-refractivity contribution < 1.29 is 14.2 Å².